The van der Waals surface area contributed by atoms with Crippen LogP contribution in [-0.4, -0.2) is 33.4 Å². The minimum Gasteiger partial charge on any atom is -0.339 e. The number of likely N-dealkylation sites (tertiary alicyclic amines) is 1. The molecule has 2 heterocycles. The van der Waals surface area contributed by atoms with E-state index in [2.05, 4.69) is 41.3 Å². The topological polar surface area (TPSA) is 38.1 Å². The summed E-state index contributed by atoms with van der Waals surface area (Å²) < 4.78 is 2.32. The Morgan fingerprint density at radius 3 is 2.75 bits per heavy atom. The van der Waals surface area contributed by atoms with Crippen LogP contribution in [0.1, 0.15) is 24.7 Å². The first-order chi connectivity index (χ1) is 9.70. The third-order valence-electron chi connectivity index (χ3n) is 4.09. The van der Waals surface area contributed by atoms with E-state index in [1.165, 1.54) is 11.6 Å². The second-order valence-electron chi connectivity index (χ2n) is 5.28. The second-order valence-corrected chi connectivity index (χ2v) is 5.28. The van der Waals surface area contributed by atoms with Gasteiger partial charge in [-0.3, -0.25) is 4.79 Å². The molecule has 0 radical (unpaired) electrons. The average Bonchev–Trinajstić information content (AvgIpc) is 2.82. The van der Waals surface area contributed by atoms with Crippen LogP contribution in [0, 0.1) is 6.92 Å². The lowest BCUT2D eigenvalue weighted by Gasteiger charge is -2.32. The van der Waals surface area contributed by atoms with Crippen LogP contribution in [0.15, 0.2) is 36.9 Å². The van der Waals surface area contributed by atoms with E-state index in [0.717, 1.165) is 37.3 Å². The molecule has 1 aromatic heterocycles. The first-order valence-corrected chi connectivity index (χ1v) is 7.05. The SMILES string of the molecule is C=CC(=O)N1CCC(n2c(C)nc3ccccc32)CC1. The van der Waals surface area contributed by atoms with Crippen LogP contribution in [-0.2, 0) is 4.79 Å². The number of benzene rings is 1. The minimum absolute atomic E-state index is 0.0376. The summed E-state index contributed by atoms with van der Waals surface area (Å²) in [5, 5.41) is 0. The van der Waals surface area contributed by atoms with E-state index in [4.69, 9.17) is 0 Å². The van der Waals surface area contributed by atoms with Crippen molar-refractivity contribution in [2.75, 3.05) is 13.1 Å². The van der Waals surface area contributed by atoms with Crippen LogP contribution in [0.2, 0.25) is 0 Å². The number of hydrogen-bond acceptors (Lipinski definition) is 2. The van der Waals surface area contributed by atoms with Crippen molar-refractivity contribution in [1.82, 2.24) is 14.5 Å². The van der Waals surface area contributed by atoms with Crippen molar-refractivity contribution < 1.29 is 4.79 Å². The molecular formula is C16H19N3O. The molecule has 0 saturated carbocycles. The van der Waals surface area contributed by atoms with Crippen LogP contribution in [0.3, 0.4) is 0 Å². The molecule has 0 atom stereocenters. The number of hydrogen-bond donors (Lipinski definition) is 0. The van der Waals surface area contributed by atoms with Gasteiger partial charge in [0.2, 0.25) is 5.91 Å². The van der Waals surface area contributed by atoms with Gasteiger partial charge >= 0.3 is 0 Å². The molecule has 1 fully saturated rings. The molecule has 4 nitrogen and oxygen atoms in total. The van der Waals surface area contributed by atoms with Crippen molar-refractivity contribution in [2.24, 2.45) is 0 Å². The van der Waals surface area contributed by atoms with Crippen molar-refractivity contribution in [1.29, 1.82) is 0 Å². The van der Waals surface area contributed by atoms with E-state index in [9.17, 15) is 4.79 Å². The van der Waals surface area contributed by atoms with Crippen LogP contribution < -0.4 is 0 Å². The van der Waals surface area contributed by atoms with Gasteiger partial charge in [-0.1, -0.05) is 18.7 Å². The third-order valence-corrected chi connectivity index (χ3v) is 4.09. The van der Waals surface area contributed by atoms with E-state index >= 15 is 0 Å². The largest absolute Gasteiger partial charge is 0.339 e. The monoisotopic (exact) mass is 269 g/mol. The van der Waals surface area contributed by atoms with Gasteiger partial charge in [-0.2, -0.15) is 0 Å². The number of piperidine rings is 1. The van der Waals surface area contributed by atoms with Crippen LogP contribution in [0.4, 0.5) is 0 Å². The van der Waals surface area contributed by atoms with Gasteiger partial charge in [0.25, 0.3) is 0 Å². The summed E-state index contributed by atoms with van der Waals surface area (Å²) in [5.41, 5.74) is 2.24. The van der Waals surface area contributed by atoms with E-state index < -0.39 is 0 Å². The summed E-state index contributed by atoms with van der Waals surface area (Å²) in [4.78, 5) is 18.1. The zero-order valence-electron chi connectivity index (χ0n) is 11.7. The fourth-order valence-corrected chi connectivity index (χ4v) is 3.10. The Balaban J connectivity index is 1.85. The van der Waals surface area contributed by atoms with Crippen molar-refractivity contribution in [3.05, 3.63) is 42.7 Å². The van der Waals surface area contributed by atoms with Crippen LogP contribution in [0.5, 0.6) is 0 Å². The second kappa shape index (κ2) is 5.12. The fourth-order valence-electron chi connectivity index (χ4n) is 3.10. The lowest BCUT2D eigenvalue weighted by atomic mass is 10.0. The van der Waals surface area contributed by atoms with Crippen molar-refractivity contribution in [2.45, 2.75) is 25.8 Å². The summed E-state index contributed by atoms with van der Waals surface area (Å²) in [6.45, 7) is 7.20. The summed E-state index contributed by atoms with van der Waals surface area (Å²) in [6, 6.07) is 8.67. The maximum absolute atomic E-state index is 11.6. The van der Waals surface area contributed by atoms with Crippen molar-refractivity contribution in [3.63, 3.8) is 0 Å². The molecular weight excluding hydrogens is 250 g/mol. The third kappa shape index (κ3) is 2.11. The number of rotatable bonds is 2. The Morgan fingerprint density at radius 1 is 1.35 bits per heavy atom. The highest BCUT2D eigenvalue weighted by Crippen LogP contribution is 2.28. The first-order valence-electron chi connectivity index (χ1n) is 7.05. The maximum Gasteiger partial charge on any atom is 0.245 e. The van der Waals surface area contributed by atoms with Gasteiger partial charge in [0.05, 0.1) is 11.0 Å². The Bertz CT molecular complexity index is 651. The zero-order valence-corrected chi connectivity index (χ0v) is 11.7. The molecule has 0 N–H and O–H groups in total. The maximum atomic E-state index is 11.6. The Kier molecular flexibility index (Phi) is 3.30. The molecule has 4 heteroatoms. The predicted molar refractivity (Wildman–Crippen MR) is 79.5 cm³/mol. The molecule has 0 unspecified atom stereocenters. The van der Waals surface area contributed by atoms with Crippen molar-refractivity contribution >= 4 is 16.9 Å². The number of carbonyl (C=O) groups excluding carboxylic acids is 1. The molecule has 3 rings (SSSR count). The average molecular weight is 269 g/mol. The number of aromatic nitrogens is 2. The summed E-state index contributed by atoms with van der Waals surface area (Å²) in [5.74, 6) is 1.09. The quantitative estimate of drug-likeness (QED) is 0.786. The zero-order chi connectivity index (χ0) is 14.1. The van der Waals surface area contributed by atoms with Crippen LogP contribution in [0.25, 0.3) is 11.0 Å². The number of amides is 1. The van der Waals surface area contributed by atoms with E-state index in [0.29, 0.717) is 6.04 Å². The molecule has 1 aliphatic heterocycles. The Morgan fingerprint density at radius 2 is 2.05 bits per heavy atom. The number of imidazole rings is 1. The van der Waals surface area contributed by atoms with E-state index in [1.807, 2.05) is 11.0 Å². The summed E-state index contributed by atoms with van der Waals surface area (Å²) >= 11 is 0. The molecule has 1 aliphatic rings. The number of fused-ring (bicyclic) bond motifs is 1. The number of aryl methyl sites for hydroxylation is 1. The molecule has 0 bridgehead atoms. The van der Waals surface area contributed by atoms with Gasteiger partial charge in [0, 0.05) is 19.1 Å². The van der Waals surface area contributed by atoms with E-state index in [1.54, 1.807) is 0 Å². The van der Waals surface area contributed by atoms with Crippen molar-refractivity contribution in [3.8, 4) is 0 Å². The molecule has 1 amide bonds. The lowest BCUT2D eigenvalue weighted by molar-refractivity contribution is -0.127. The summed E-state index contributed by atoms with van der Waals surface area (Å²) in [7, 11) is 0. The number of nitrogens with zero attached hydrogens (tertiary/aromatic N) is 3. The fraction of sp³-hybridized carbons (Fsp3) is 0.375. The highest BCUT2D eigenvalue weighted by atomic mass is 16.2. The highest BCUT2D eigenvalue weighted by Gasteiger charge is 2.24. The summed E-state index contributed by atoms with van der Waals surface area (Å²) in [6.07, 6.45) is 3.35. The van der Waals surface area contributed by atoms with E-state index in [-0.39, 0.29) is 5.91 Å². The predicted octanol–water partition coefficient (Wildman–Crippen LogP) is 2.69. The van der Waals surface area contributed by atoms with Gasteiger partial charge in [0.15, 0.2) is 0 Å². The first kappa shape index (κ1) is 12.9. The molecule has 20 heavy (non-hydrogen) atoms. The van der Waals surface area contributed by atoms with Gasteiger partial charge in [-0.25, -0.2) is 4.98 Å². The molecule has 1 saturated heterocycles. The lowest BCUT2D eigenvalue weighted by Crippen LogP contribution is -2.38. The molecule has 2 aromatic rings. The minimum atomic E-state index is 0.0376. The number of carbonyl (C=O) groups is 1. The number of para-hydroxylation sites is 2. The Labute approximate surface area is 118 Å². The standard InChI is InChI=1S/C16H19N3O/c1-3-16(20)18-10-8-13(9-11-18)19-12(2)17-14-6-4-5-7-15(14)19/h3-7,13H,1,8-11H2,2H3. The molecule has 1 aromatic carbocycles. The normalized spacial score (nSPS) is 16.6. The molecule has 0 aliphatic carbocycles. The van der Waals surface area contributed by atoms with Gasteiger partial charge in [0.1, 0.15) is 5.82 Å². The van der Waals surface area contributed by atoms with Gasteiger partial charge < -0.3 is 9.47 Å². The van der Waals surface area contributed by atoms with Gasteiger partial charge in [-0.05, 0) is 38.0 Å². The van der Waals surface area contributed by atoms with Gasteiger partial charge in [-0.15, -0.1) is 0 Å². The molecule has 104 valence electrons. The smallest absolute Gasteiger partial charge is 0.245 e. The molecule has 0 spiro atoms. The Hall–Kier alpha value is -2.10. The van der Waals surface area contributed by atoms with Crippen LogP contribution >= 0.6 is 0 Å². The highest BCUT2D eigenvalue weighted by molar-refractivity contribution is 5.87.